The van der Waals surface area contributed by atoms with Crippen molar-refractivity contribution in [3.63, 3.8) is 0 Å². The second kappa shape index (κ2) is 4.64. The van der Waals surface area contributed by atoms with Crippen molar-refractivity contribution in [2.75, 3.05) is 5.73 Å². The fourth-order valence-electron chi connectivity index (χ4n) is 1.55. The molecule has 0 spiro atoms. The van der Waals surface area contributed by atoms with Gasteiger partial charge >= 0.3 is 0 Å². The molecule has 0 radical (unpaired) electrons. The number of rotatable bonds is 2. The maximum atomic E-state index is 5.95. The van der Waals surface area contributed by atoms with E-state index in [1.54, 1.807) is 12.1 Å². The lowest BCUT2D eigenvalue weighted by atomic mass is 10.3. The van der Waals surface area contributed by atoms with E-state index >= 15 is 0 Å². The van der Waals surface area contributed by atoms with Crippen LogP contribution < -0.4 is 5.73 Å². The summed E-state index contributed by atoms with van der Waals surface area (Å²) >= 11 is 7.26. The fraction of sp³-hybridized carbons (Fsp3) is 0.0833. The van der Waals surface area contributed by atoms with Crippen LogP contribution in [0.25, 0.3) is 22.3 Å². The maximum Gasteiger partial charge on any atom is 0.270 e. The molecule has 0 aromatic carbocycles. The van der Waals surface area contributed by atoms with E-state index in [0.717, 1.165) is 10.4 Å². The molecule has 0 saturated carbocycles. The molecule has 0 unspecified atom stereocenters. The monoisotopic (exact) mass is 292 g/mol. The highest BCUT2D eigenvalue weighted by atomic mass is 35.5. The van der Waals surface area contributed by atoms with Crippen molar-refractivity contribution in [1.82, 2.24) is 15.1 Å². The number of aromatic nitrogens is 3. The first-order chi connectivity index (χ1) is 9.15. The van der Waals surface area contributed by atoms with Gasteiger partial charge in [0.05, 0.1) is 10.7 Å². The van der Waals surface area contributed by atoms with E-state index in [0.29, 0.717) is 28.1 Å². The molecule has 2 N–H and O–H groups in total. The molecule has 5 nitrogen and oxygen atoms in total. The average molecular weight is 293 g/mol. The summed E-state index contributed by atoms with van der Waals surface area (Å²) in [7, 11) is 0. The van der Waals surface area contributed by atoms with Crippen LogP contribution in [-0.4, -0.2) is 15.1 Å². The van der Waals surface area contributed by atoms with Gasteiger partial charge < -0.3 is 10.3 Å². The Hall–Kier alpha value is -1.92. The number of halogens is 1. The van der Waals surface area contributed by atoms with Gasteiger partial charge in [0.1, 0.15) is 10.6 Å². The summed E-state index contributed by atoms with van der Waals surface area (Å²) in [6.45, 7) is 1.94. The van der Waals surface area contributed by atoms with Crippen LogP contribution >= 0.6 is 22.9 Å². The first-order valence-electron chi connectivity index (χ1n) is 5.44. The molecular formula is C12H9ClN4OS. The third-order valence-electron chi connectivity index (χ3n) is 2.60. The zero-order chi connectivity index (χ0) is 13.4. The molecule has 3 rings (SSSR count). The Morgan fingerprint density at radius 1 is 1.37 bits per heavy atom. The molecule has 3 aromatic heterocycles. The van der Waals surface area contributed by atoms with Gasteiger partial charge in [-0.05, 0) is 30.0 Å². The van der Waals surface area contributed by atoms with E-state index in [9.17, 15) is 0 Å². The summed E-state index contributed by atoms with van der Waals surface area (Å²) in [5.74, 6) is 0.819. The summed E-state index contributed by atoms with van der Waals surface area (Å²) in [5.41, 5.74) is 8.23. The van der Waals surface area contributed by atoms with Crippen molar-refractivity contribution in [2.24, 2.45) is 0 Å². The second-order valence-corrected chi connectivity index (χ2v) is 5.26. The molecule has 0 aliphatic heterocycles. The Balaban J connectivity index is 2.00. The molecule has 0 fully saturated rings. The Bertz CT molecular complexity index is 720. The van der Waals surface area contributed by atoms with Gasteiger partial charge in [0, 0.05) is 6.20 Å². The van der Waals surface area contributed by atoms with E-state index in [2.05, 4.69) is 15.1 Å². The van der Waals surface area contributed by atoms with E-state index in [1.165, 1.54) is 17.5 Å². The van der Waals surface area contributed by atoms with Gasteiger partial charge in [0.15, 0.2) is 0 Å². The lowest BCUT2D eigenvalue weighted by Gasteiger charge is -1.93. The minimum atomic E-state index is 0.405. The fourth-order valence-corrected chi connectivity index (χ4v) is 2.55. The molecule has 3 heterocycles. The van der Waals surface area contributed by atoms with E-state index in [4.69, 9.17) is 21.9 Å². The number of hydrogen-bond acceptors (Lipinski definition) is 6. The quantitative estimate of drug-likeness (QED) is 0.783. The van der Waals surface area contributed by atoms with Crippen LogP contribution in [0.1, 0.15) is 5.56 Å². The van der Waals surface area contributed by atoms with Crippen molar-refractivity contribution in [2.45, 2.75) is 6.92 Å². The van der Waals surface area contributed by atoms with Crippen LogP contribution in [-0.2, 0) is 0 Å². The van der Waals surface area contributed by atoms with Crippen LogP contribution in [0.5, 0.6) is 0 Å². The Kier molecular flexibility index (Phi) is 2.96. The summed E-state index contributed by atoms with van der Waals surface area (Å²) in [5, 5.41) is 6.42. The first kappa shape index (κ1) is 12.1. The van der Waals surface area contributed by atoms with E-state index < -0.39 is 0 Å². The molecule has 0 aliphatic rings. The van der Waals surface area contributed by atoms with Gasteiger partial charge in [-0.15, -0.1) is 11.3 Å². The van der Waals surface area contributed by atoms with Crippen molar-refractivity contribution >= 4 is 28.6 Å². The molecule has 96 valence electrons. The number of nitrogens with zero attached hydrogens (tertiary/aromatic N) is 3. The van der Waals surface area contributed by atoms with Gasteiger partial charge in [0.2, 0.25) is 5.82 Å². The maximum absolute atomic E-state index is 5.95. The minimum Gasteiger partial charge on any atom is -0.397 e. The molecule has 7 heteroatoms. The van der Waals surface area contributed by atoms with Gasteiger partial charge in [-0.2, -0.15) is 4.98 Å². The lowest BCUT2D eigenvalue weighted by molar-refractivity contribution is 0.433. The standard InChI is InChI=1S/C12H9ClN4OS/c1-6-5-19-10(9(6)14)12-16-11(17-18-12)8-3-2-7(13)4-15-8/h2-5H,14H2,1H3. The van der Waals surface area contributed by atoms with Crippen molar-refractivity contribution in [3.8, 4) is 22.3 Å². The molecule has 0 saturated heterocycles. The predicted octanol–water partition coefficient (Wildman–Crippen LogP) is 3.40. The smallest absolute Gasteiger partial charge is 0.270 e. The average Bonchev–Trinajstić information content (AvgIpc) is 2.99. The SMILES string of the molecule is Cc1csc(-c2nc(-c3ccc(Cl)cn3)no2)c1N. The highest BCUT2D eigenvalue weighted by molar-refractivity contribution is 7.14. The molecule has 0 amide bonds. The van der Waals surface area contributed by atoms with Crippen molar-refractivity contribution < 1.29 is 4.52 Å². The van der Waals surface area contributed by atoms with Crippen LogP contribution in [0.2, 0.25) is 5.02 Å². The number of thiophene rings is 1. The summed E-state index contributed by atoms with van der Waals surface area (Å²) < 4.78 is 5.23. The summed E-state index contributed by atoms with van der Waals surface area (Å²) in [6, 6.07) is 3.46. The van der Waals surface area contributed by atoms with Gasteiger partial charge in [-0.1, -0.05) is 16.8 Å². The Morgan fingerprint density at radius 2 is 2.21 bits per heavy atom. The summed E-state index contributed by atoms with van der Waals surface area (Å²) in [4.78, 5) is 9.22. The van der Waals surface area contributed by atoms with Crippen LogP contribution in [0, 0.1) is 6.92 Å². The number of hydrogen-bond donors (Lipinski definition) is 1. The van der Waals surface area contributed by atoms with Crippen LogP contribution in [0.4, 0.5) is 5.69 Å². The molecule has 3 aromatic rings. The van der Waals surface area contributed by atoms with Gasteiger partial charge in [-0.25, -0.2) is 0 Å². The van der Waals surface area contributed by atoms with E-state index in [1.807, 2.05) is 12.3 Å². The van der Waals surface area contributed by atoms with Crippen LogP contribution in [0.3, 0.4) is 0 Å². The number of nitrogen functional groups attached to an aromatic ring is 1. The largest absolute Gasteiger partial charge is 0.397 e. The van der Waals surface area contributed by atoms with Crippen molar-refractivity contribution in [3.05, 3.63) is 34.3 Å². The topological polar surface area (TPSA) is 77.8 Å². The number of pyridine rings is 1. The second-order valence-electron chi connectivity index (χ2n) is 3.95. The number of aryl methyl sites for hydroxylation is 1. The zero-order valence-electron chi connectivity index (χ0n) is 9.92. The molecule has 0 aliphatic carbocycles. The Morgan fingerprint density at radius 3 is 2.84 bits per heavy atom. The molecule has 19 heavy (non-hydrogen) atoms. The normalized spacial score (nSPS) is 10.8. The lowest BCUT2D eigenvalue weighted by Crippen LogP contribution is -1.88. The Labute approximate surface area is 118 Å². The number of nitrogens with two attached hydrogens (primary N) is 1. The minimum absolute atomic E-state index is 0.405. The highest BCUT2D eigenvalue weighted by Crippen LogP contribution is 2.34. The van der Waals surface area contributed by atoms with E-state index in [-0.39, 0.29) is 0 Å². The first-order valence-corrected chi connectivity index (χ1v) is 6.70. The summed E-state index contributed by atoms with van der Waals surface area (Å²) in [6.07, 6.45) is 1.54. The predicted molar refractivity (Wildman–Crippen MR) is 75.0 cm³/mol. The van der Waals surface area contributed by atoms with Crippen molar-refractivity contribution in [1.29, 1.82) is 0 Å². The van der Waals surface area contributed by atoms with Crippen LogP contribution in [0.15, 0.2) is 28.2 Å². The molecule has 0 bridgehead atoms. The third-order valence-corrected chi connectivity index (χ3v) is 3.92. The highest BCUT2D eigenvalue weighted by Gasteiger charge is 2.16. The van der Waals surface area contributed by atoms with Gasteiger partial charge in [0.25, 0.3) is 5.89 Å². The molecule has 0 atom stereocenters. The zero-order valence-corrected chi connectivity index (χ0v) is 11.5. The molecular weight excluding hydrogens is 284 g/mol. The van der Waals surface area contributed by atoms with Gasteiger partial charge in [-0.3, -0.25) is 4.98 Å². The number of anilines is 1. The third kappa shape index (κ3) is 2.20.